The first kappa shape index (κ1) is 17.9. The standard InChI is InChI=1S/2CH3.2O.Zr/h2*1H3;;;/q2*-1;;;. The predicted molar refractivity (Wildman–Crippen MR) is 14.2 cm³/mol. The van der Waals surface area contributed by atoms with Crippen LogP contribution >= 0.6 is 0 Å². The molecule has 0 saturated heterocycles. The van der Waals surface area contributed by atoms with Crippen LogP contribution in [0.1, 0.15) is 0 Å². The Morgan fingerprint density at radius 2 is 1.00 bits per heavy atom. The van der Waals surface area contributed by atoms with Crippen LogP contribution in [0.5, 0.6) is 0 Å². The molecule has 0 spiro atoms. The van der Waals surface area contributed by atoms with Gasteiger partial charge in [0.25, 0.3) is 0 Å². The molecule has 0 aromatic rings. The van der Waals surface area contributed by atoms with E-state index >= 15 is 0 Å². The Hall–Kier alpha value is 0.483. The first-order valence-corrected chi connectivity index (χ1v) is 2.42. The summed E-state index contributed by atoms with van der Waals surface area (Å²) in [6.07, 6.45) is 0. The van der Waals surface area contributed by atoms with Gasteiger partial charge in [-0.05, 0) is 0 Å². The maximum absolute atomic E-state index is 8.54. The molecule has 0 aromatic carbocycles. The fourth-order valence-corrected chi connectivity index (χ4v) is 0. The molecule has 3 heteroatoms. The second-order valence-corrected chi connectivity index (χ2v) is 0.493. The van der Waals surface area contributed by atoms with E-state index < -0.39 is 23.2 Å². The molecule has 0 atom stereocenters. The third kappa shape index (κ3) is 118. The Morgan fingerprint density at radius 1 is 1.00 bits per heavy atom. The van der Waals surface area contributed by atoms with Gasteiger partial charge in [-0.2, -0.15) is 0 Å². The van der Waals surface area contributed by atoms with Crippen molar-refractivity contribution in [2.45, 2.75) is 0 Å². The Kier molecular flexibility index (Phi) is 88.4. The van der Waals surface area contributed by atoms with Crippen LogP contribution in [0.25, 0.3) is 0 Å². The zero-order chi connectivity index (χ0) is 2.71. The summed E-state index contributed by atoms with van der Waals surface area (Å²) in [5, 5.41) is 0. The van der Waals surface area contributed by atoms with Crippen LogP contribution in [0.3, 0.4) is 0 Å². The second kappa shape index (κ2) is 24.7. The van der Waals surface area contributed by atoms with Crippen molar-refractivity contribution in [3.05, 3.63) is 14.9 Å². The van der Waals surface area contributed by atoms with E-state index in [2.05, 4.69) is 0 Å². The molecule has 0 aliphatic carbocycles. The van der Waals surface area contributed by atoms with Crippen molar-refractivity contribution < 1.29 is 28.9 Å². The van der Waals surface area contributed by atoms with Crippen molar-refractivity contribution in [3.63, 3.8) is 0 Å². The van der Waals surface area contributed by atoms with E-state index in [0.717, 1.165) is 0 Å². The third-order valence-corrected chi connectivity index (χ3v) is 0. The first-order chi connectivity index (χ1) is 1.41. The van der Waals surface area contributed by atoms with Crippen LogP contribution in [0.4, 0.5) is 0 Å². The van der Waals surface area contributed by atoms with Gasteiger partial charge in [0.1, 0.15) is 0 Å². The molecular weight excluding hydrogens is 147 g/mol. The van der Waals surface area contributed by atoms with Crippen LogP contribution in [-0.2, 0) is 28.9 Å². The van der Waals surface area contributed by atoms with Crippen molar-refractivity contribution in [1.82, 2.24) is 0 Å². The summed E-state index contributed by atoms with van der Waals surface area (Å²) in [5.74, 6) is 0. The summed E-state index contributed by atoms with van der Waals surface area (Å²) in [4.78, 5) is 0. The summed E-state index contributed by atoms with van der Waals surface area (Å²) in [5.41, 5.74) is 0. The summed E-state index contributed by atoms with van der Waals surface area (Å²) >= 11 is -2.27. The Balaban J connectivity index is -0.0000000200. The fourth-order valence-electron chi connectivity index (χ4n) is 0. The molecule has 0 aromatic heterocycles. The van der Waals surface area contributed by atoms with Gasteiger partial charge in [-0.15, -0.1) is 0 Å². The van der Waals surface area contributed by atoms with Gasteiger partial charge < -0.3 is 14.9 Å². The number of hydrogen-bond acceptors (Lipinski definition) is 2. The Labute approximate surface area is 44.0 Å². The van der Waals surface area contributed by atoms with Gasteiger partial charge in [-0.25, -0.2) is 0 Å². The van der Waals surface area contributed by atoms with E-state index in [9.17, 15) is 0 Å². The SMILES string of the molecule is [CH3-].[CH3-].[O]=[Zr]=[O]. The van der Waals surface area contributed by atoms with Crippen molar-refractivity contribution in [3.8, 4) is 0 Å². The molecule has 0 saturated carbocycles. The van der Waals surface area contributed by atoms with E-state index in [1.54, 1.807) is 0 Å². The first-order valence-electron chi connectivity index (χ1n) is 0.408. The van der Waals surface area contributed by atoms with Gasteiger partial charge in [0, 0.05) is 0 Å². The van der Waals surface area contributed by atoms with Gasteiger partial charge in [0.05, 0.1) is 0 Å². The zero-order valence-corrected chi connectivity index (χ0v) is 5.77. The van der Waals surface area contributed by atoms with E-state index in [0.29, 0.717) is 0 Å². The summed E-state index contributed by atoms with van der Waals surface area (Å²) < 4.78 is 17.1. The maximum atomic E-state index is 8.54. The molecule has 5 heavy (non-hydrogen) atoms. The average Bonchev–Trinajstić information content (AvgIpc) is 0.918. The molecule has 2 nitrogen and oxygen atoms in total. The number of hydrogen-bond donors (Lipinski definition) is 0. The average molecular weight is 153 g/mol. The minimum absolute atomic E-state index is 0. The van der Waals surface area contributed by atoms with Crippen molar-refractivity contribution in [2.75, 3.05) is 0 Å². The van der Waals surface area contributed by atoms with Crippen molar-refractivity contribution in [1.29, 1.82) is 0 Å². The van der Waals surface area contributed by atoms with E-state index in [4.69, 9.17) is 5.63 Å². The monoisotopic (exact) mass is 152 g/mol. The van der Waals surface area contributed by atoms with Crippen LogP contribution < -0.4 is 0 Å². The molecular formula is C2H6O2Zr-2. The van der Waals surface area contributed by atoms with Crippen LogP contribution in [0, 0.1) is 14.9 Å². The Morgan fingerprint density at radius 3 is 1.00 bits per heavy atom. The van der Waals surface area contributed by atoms with Gasteiger partial charge in [-0.3, -0.25) is 0 Å². The summed E-state index contributed by atoms with van der Waals surface area (Å²) in [6, 6.07) is 0. The molecule has 0 radical (unpaired) electrons. The molecule has 0 bridgehead atoms. The molecule has 0 amide bonds. The van der Waals surface area contributed by atoms with E-state index in [1.165, 1.54) is 0 Å². The Bertz CT molecular complexity index is 28.6. The fraction of sp³-hybridized carbons (Fsp3) is 0. The third-order valence-electron chi connectivity index (χ3n) is 0. The second-order valence-electron chi connectivity index (χ2n) is 0.0833. The van der Waals surface area contributed by atoms with Crippen LogP contribution in [-0.4, -0.2) is 0 Å². The van der Waals surface area contributed by atoms with E-state index in [1.807, 2.05) is 0 Å². The molecule has 0 rings (SSSR count). The van der Waals surface area contributed by atoms with Gasteiger partial charge in [-0.1, -0.05) is 0 Å². The normalized spacial score (nSPS) is 1.60. The predicted octanol–water partition coefficient (Wildman–Crippen LogP) is 0.660. The molecule has 0 aliphatic rings. The molecule has 0 fully saturated rings. The van der Waals surface area contributed by atoms with Gasteiger partial charge in [0.2, 0.25) is 0 Å². The molecule has 0 unspecified atom stereocenters. The quantitative estimate of drug-likeness (QED) is 0.479. The molecule has 32 valence electrons. The zero-order valence-electron chi connectivity index (χ0n) is 3.32. The summed E-state index contributed by atoms with van der Waals surface area (Å²) in [6.45, 7) is 0. The number of rotatable bonds is 0. The minimum atomic E-state index is -2.27. The molecule has 0 aliphatic heterocycles. The van der Waals surface area contributed by atoms with Gasteiger partial charge in [0.15, 0.2) is 0 Å². The summed E-state index contributed by atoms with van der Waals surface area (Å²) in [7, 11) is 0. The van der Waals surface area contributed by atoms with Crippen molar-refractivity contribution in [2.24, 2.45) is 0 Å². The molecule has 0 N–H and O–H groups in total. The van der Waals surface area contributed by atoms with Crippen LogP contribution in [0.15, 0.2) is 0 Å². The van der Waals surface area contributed by atoms with Gasteiger partial charge >= 0.3 is 28.9 Å². The topological polar surface area (TPSA) is 34.1 Å². The molecule has 0 heterocycles. The van der Waals surface area contributed by atoms with Crippen LogP contribution in [0.2, 0.25) is 0 Å². The van der Waals surface area contributed by atoms with Crippen molar-refractivity contribution >= 4 is 0 Å². The van der Waals surface area contributed by atoms with E-state index in [-0.39, 0.29) is 14.9 Å².